The highest BCUT2D eigenvalue weighted by Gasteiger charge is 2.58. The monoisotopic (exact) mass is 209 g/mol. The van der Waals surface area contributed by atoms with E-state index in [4.69, 9.17) is 5.11 Å². The highest BCUT2D eigenvalue weighted by atomic mass is 16.4. The maximum atomic E-state index is 11.5. The molecule has 1 aliphatic heterocycles. The van der Waals surface area contributed by atoms with Crippen molar-refractivity contribution in [3.05, 3.63) is 11.6 Å². The molecule has 80 valence electrons. The van der Waals surface area contributed by atoms with Crippen molar-refractivity contribution in [3.63, 3.8) is 0 Å². The summed E-state index contributed by atoms with van der Waals surface area (Å²) in [7, 11) is 0. The highest BCUT2D eigenvalue weighted by molar-refractivity contribution is 6.09. The number of nitrogens with zero attached hydrogens (tertiary/aromatic N) is 1. The van der Waals surface area contributed by atoms with Crippen LogP contribution in [0.3, 0.4) is 0 Å². The molecule has 2 unspecified atom stereocenters. The van der Waals surface area contributed by atoms with E-state index in [-0.39, 0.29) is 30.2 Å². The SMILES string of the molecule is CC(=CC(=O)O)CN1C(=O)C2CC2C1=O. The summed E-state index contributed by atoms with van der Waals surface area (Å²) >= 11 is 0. The fraction of sp³-hybridized carbons (Fsp3) is 0.500. The van der Waals surface area contributed by atoms with Gasteiger partial charge in [-0.25, -0.2) is 4.79 Å². The van der Waals surface area contributed by atoms with Crippen molar-refractivity contribution in [2.24, 2.45) is 11.8 Å². The summed E-state index contributed by atoms with van der Waals surface area (Å²) in [6, 6.07) is 0. The van der Waals surface area contributed by atoms with Crippen LogP contribution in [0.15, 0.2) is 11.6 Å². The zero-order valence-electron chi connectivity index (χ0n) is 8.27. The average Bonchev–Trinajstić information content (AvgIpc) is 2.85. The van der Waals surface area contributed by atoms with Gasteiger partial charge in [0.25, 0.3) is 0 Å². The number of fused-ring (bicyclic) bond motifs is 1. The lowest BCUT2D eigenvalue weighted by molar-refractivity contribution is -0.141. The first-order valence-corrected chi connectivity index (χ1v) is 4.76. The van der Waals surface area contributed by atoms with Crippen LogP contribution in [0.5, 0.6) is 0 Å². The molecule has 1 saturated carbocycles. The number of likely N-dealkylation sites (tertiary alicyclic amines) is 1. The second-order valence-corrected chi connectivity index (χ2v) is 4.04. The predicted octanol–water partition coefficient (Wildman–Crippen LogP) is 0.0222. The number of amides is 2. The van der Waals surface area contributed by atoms with Gasteiger partial charge < -0.3 is 5.11 Å². The molecule has 1 N–H and O–H groups in total. The Hall–Kier alpha value is -1.65. The van der Waals surface area contributed by atoms with Gasteiger partial charge in [0.2, 0.25) is 11.8 Å². The zero-order chi connectivity index (χ0) is 11.2. The third-order valence-corrected chi connectivity index (χ3v) is 2.73. The third-order valence-electron chi connectivity index (χ3n) is 2.73. The number of rotatable bonds is 3. The molecule has 0 spiro atoms. The molecule has 15 heavy (non-hydrogen) atoms. The summed E-state index contributed by atoms with van der Waals surface area (Å²) in [6.07, 6.45) is 1.69. The summed E-state index contributed by atoms with van der Waals surface area (Å²) in [5.74, 6) is -1.59. The number of carbonyl (C=O) groups excluding carboxylic acids is 2. The molecule has 1 saturated heterocycles. The van der Waals surface area contributed by atoms with Gasteiger partial charge >= 0.3 is 5.97 Å². The first kappa shape index (κ1) is 9.89. The Morgan fingerprint density at radius 3 is 2.47 bits per heavy atom. The molecule has 1 aliphatic carbocycles. The van der Waals surface area contributed by atoms with E-state index in [2.05, 4.69) is 0 Å². The minimum Gasteiger partial charge on any atom is -0.478 e. The lowest BCUT2D eigenvalue weighted by Gasteiger charge is -2.16. The minimum absolute atomic E-state index is 0.108. The summed E-state index contributed by atoms with van der Waals surface area (Å²) in [5.41, 5.74) is 0.505. The van der Waals surface area contributed by atoms with Crippen LogP contribution in [-0.2, 0) is 14.4 Å². The van der Waals surface area contributed by atoms with Crippen molar-refractivity contribution in [3.8, 4) is 0 Å². The van der Waals surface area contributed by atoms with Crippen LogP contribution in [0.25, 0.3) is 0 Å². The van der Waals surface area contributed by atoms with Crippen LogP contribution in [0.4, 0.5) is 0 Å². The molecule has 0 radical (unpaired) electrons. The van der Waals surface area contributed by atoms with Gasteiger partial charge in [-0.15, -0.1) is 0 Å². The number of aliphatic carboxylic acids is 1. The highest BCUT2D eigenvalue weighted by Crippen LogP contribution is 2.46. The van der Waals surface area contributed by atoms with Crippen molar-refractivity contribution >= 4 is 17.8 Å². The van der Waals surface area contributed by atoms with Gasteiger partial charge in [0, 0.05) is 12.6 Å². The van der Waals surface area contributed by atoms with E-state index in [0.29, 0.717) is 12.0 Å². The Morgan fingerprint density at radius 1 is 1.47 bits per heavy atom. The fourth-order valence-corrected chi connectivity index (χ4v) is 1.91. The summed E-state index contributed by atoms with van der Waals surface area (Å²) in [5, 5.41) is 8.49. The van der Waals surface area contributed by atoms with E-state index >= 15 is 0 Å². The minimum atomic E-state index is -1.06. The summed E-state index contributed by atoms with van der Waals surface area (Å²) in [4.78, 5) is 34.5. The van der Waals surface area contributed by atoms with E-state index in [1.807, 2.05) is 0 Å². The van der Waals surface area contributed by atoms with Crippen molar-refractivity contribution in [1.29, 1.82) is 0 Å². The number of carbonyl (C=O) groups is 3. The molecule has 0 aromatic carbocycles. The first-order valence-electron chi connectivity index (χ1n) is 4.76. The molecule has 2 fully saturated rings. The lowest BCUT2D eigenvalue weighted by atomic mass is 10.2. The number of carboxylic acid groups (broad SMARTS) is 1. The quantitative estimate of drug-likeness (QED) is 0.525. The average molecular weight is 209 g/mol. The maximum absolute atomic E-state index is 11.5. The van der Waals surface area contributed by atoms with Gasteiger partial charge in [0.05, 0.1) is 11.8 Å². The van der Waals surface area contributed by atoms with Crippen LogP contribution in [0.1, 0.15) is 13.3 Å². The molecular formula is C10H11NO4. The number of hydrogen-bond acceptors (Lipinski definition) is 3. The number of carboxylic acids is 1. The molecule has 2 aliphatic rings. The molecule has 2 amide bonds. The van der Waals surface area contributed by atoms with E-state index in [1.54, 1.807) is 6.92 Å². The second-order valence-electron chi connectivity index (χ2n) is 4.04. The van der Waals surface area contributed by atoms with Crippen molar-refractivity contribution < 1.29 is 19.5 Å². The van der Waals surface area contributed by atoms with Crippen LogP contribution in [0, 0.1) is 11.8 Å². The van der Waals surface area contributed by atoms with Crippen molar-refractivity contribution in [1.82, 2.24) is 4.90 Å². The zero-order valence-corrected chi connectivity index (χ0v) is 8.27. The van der Waals surface area contributed by atoms with Crippen molar-refractivity contribution in [2.75, 3.05) is 6.54 Å². The van der Waals surface area contributed by atoms with E-state index in [0.717, 1.165) is 11.0 Å². The molecule has 0 aromatic rings. The van der Waals surface area contributed by atoms with Crippen LogP contribution in [0.2, 0.25) is 0 Å². The molecular weight excluding hydrogens is 198 g/mol. The van der Waals surface area contributed by atoms with E-state index < -0.39 is 5.97 Å². The summed E-state index contributed by atoms with van der Waals surface area (Å²) in [6.45, 7) is 1.70. The molecule has 0 aromatic heterocycles. The largest absolute Gasteiger partial charge is 0.478 e. The summed E-state index contributed by atoms with van der Waals surface area (Å²) < 4.78 is 0. The topological polar surface area (TPSA) is 74.7 Å². The Labute approximate surface area is 86.4 Å². The fourth-order valence-electron chi connectivity index (χ4n) is 1.91. The van der Waals surface area contributed by atoms with Gasteiger partial charge in [-0.1, -0.05) is 0 Å². The third kappa shape index (κ3) is 1.65. The Balaban J connectivity index is 2.04. The second kappa shape index (κ2) is 3.18. The lowest BCUT2D eigenvalue weighted by Crippen LogP contribution is -2.34. The Morgan fingerprint density at radius 2 is 2.00 bits per heavy atom. The van der Waals surface area contributed by atoms with Gasteiger partial charge in [-0.2, -0.15) is 0 Å². The van der Waals surface area contributed by atoms with Crippen molar-refractivity contribution in [2.45, 2.75) is 13.3 Å². The van der Waals surface area contributed by atoms with E-state index in [9.17, 15) is 14.4 Å². The molecule has 1 heterocycles. The van der Waals surface area contributed by atoms with Crippen LogP contribution in [-0.4, -0.2) is 34.3 Å². The Kier molecular flexibility index (Phi) is 2.10. The normalized spacial score (nSPS) is 29.4. The Bertz CT molecular complexity index is 365. The molecule has 5 nitrogen and oxygen atoms in total. The smallest absolute Gasteiger partial charge is 0.328 e. The number of hydrogen-bond donors (Lipinski definition) is 1. The molecule has 0 bridgehead atoms. The van der Waals surface area contributed by atoms with Gasteiger partial charge in [0.1, 0.15) is 0 Å². The maximum Gasteiger partial charge on any atom is 0.328 e. The van der Waals surface area contributed by atoms with Crippen LogP contribution >= 0.6 is 0 Å². The first-order chi connectivity index (χ1) is 7.00. The van der Waals surface area contributed by atoms with Gasteiger partial charge in [-0.05, 0) is 18.9 Å². The predicted molar refractivity (Wildman–Crippen MR) is 49.7 cm³/mol. The van der Waals surface area contributed by atoms with E-state index in [1.165, 1.54) is 0 Å². The molecule has 2 atom stereocenters. The standard InChI is InChI=1S/C10H11NO4/c1-5(2-8(12)13)4-11-9(14)6-3-7(6)10(11)15/h2,6-7H,3-4H2,1H3,(H,12,13). The van der Waals surface area contributed by atoms with Gasteiger partial charge in [-0.3, -0.25) is 14.5 Å². The number of piperidine rings is 1. The molecule has 5 heteroatoms. The number of imide groups is 1. The van der Waals surface area contributed by atoms with Crippen LogP contribution < -0.4 is 0 Å². The molecule has 2 rings (SSSR count). The van der Waals surface area contributed by atoms with Gasteiger partial charge in [0.15, 0.2) is 0 Å².